The van der Waals surface area contributed by atoms with Crippen LogP contribution < -0.4 is 5.32 Å². The second-order valence-electron chi connectivity index (χ2n) is 5.59. The van der Waals surface area contributed by atoms with Crippen LogP contribution in [0.3, 0.4) is 0 Å². The van der Waals surface area contributed by atoms with E-state index in [0.717, 1.165) is 32.4 Å². The highest BCUT2D eigenvalue weighted by Crippen LogP contribution is 2.24. The van der Waals surface area contributed by atoms with E-state index >= 15 is 0 Å². The molecule has 0 bridgehead atoms. The Balaban J connectivity index is 1.53. The second-order valence-corrected chi connectivity index (χ2v) is 6.82. The molecule has 1 unspecified atom stereocenters. The highest BCUT2D eigenvalue weighted by atomic mass is 32.2. The van der Waals surface area contributed by atoms with Crippen LogP contribution in [-0.4, -0.2) is 41.1 Å². The molecule has 0 aliphatic carbocycles. The molecular formula is C16H22N2OS. The summed E-state index contributed by atoms with van der Waals surface area (Å²) in [4.78, 5) is 14.6. The van der Waals surface area contributed by atoms with E-state index in [4.69, 9.17) is 0 Å². The number of nitrogens with zero attached hydrogens (tertiary/aromatic N) is 1. The van der Waals surface area contributed by atoms with Gasteiger partial charge in [-0.1, -0.05) is 30.3 Å². The van der Waals surface area contributed by atoms with Crippen molar-refractivity contribution in [3.05, 3.63) is 35.9 Å². The SMILES string of the molecule is O=C1C(CCc2ccccc2)NCN1C1CCSCC1. The van der Waals surface area contributed by atoms with Crippen LogP contribution in [0.25, 0.3) is 0 Å². The zero-order valence-corrected chi connectivity index (χ0v) is 12.6. The fraction of sp³-hybridized carbons (Fsp3) is 0.562. The summed E-state index contributed by atoms with van der Waals surface area (Å²) in [5.41, 5.74) is 1.31. The van der Waals surface area contributed by atoms with E-state index < -0.39 is 0 Å². The number of carbonyl (C=O) groups is 1. The molecule has 108 valence electrons. The van der Waals surface area contributed by atoms with Crippen molar-refractivity contribution in [3.63, 3.8) is 0 Å². The van der Waals surface area contributed by atoms with Crippen LogP contribution >= 0.6 is 11.8 Å². The molecule has 2 aliphatic rings. The normalized spacial score (nSPS) is 24.3. The van der Waals surface area contributed by atoms with E-state index in [1.165, 1.54) is 17.1 Å². The molecule has 2 aliphatic heterocycles. The van der Waals surface area contributed by atoms with Crippen molar-refractivity contribution in [3.8, 4) is 0 Å². The zero-order chi connectivity index (χ0) is 13.8. The van der Waals surface area contributed by atoms with E-state index in [2.05, 4.69) is 34.5 Å². The maximum absolute atomic E-state index is 12.5. The van der Waals surface area contributed by atoms with E-state index in [1.54, 1.807) is 0 Å². The first-order chi connectivity index (χ1) is 9.84. The molecule has 0 saturated carbocycles. The van der Waals surface area contributed by atoms with Gasteiger partial charge in [-0.15, -0.1) is 0 Å². The molecule has 20 heavy (non-hydrogen) atoms. The maximum Gasteiger partial charge on any atom is 0.241 e. The molecule has 0 aromatic heterocycles. The maximum atomic E-state index is 12.5. The number of thioether (sulfide) groups is 1. The van der Waals surface area contributed by atoms with Crippen molar-refractivity contribution >= 4 is 17.7 Å². The topological polar surface area (TPSA) is 32.3 Å². The Kier molecular flexibility index (Phi) is 4.63. The number of carbonyl (C=O) groups excluding carboxylic acids is 1. The number of hydrogen-bond acceptors (Lipinski definition) is 3. The summed E-state index contributed by atoms with van der Waals surface area (Å²) in [5, 5.41) is 3.39. The van der Waals surface area contributed by atoms with Crippen molar-refractivity contribution in [2.75, 3.05) is 18.2 Å². The third kappa shape index (κ3) is 3.18. The van der Waals surface area contributed by atoms with Crippen LogP contribution in [0.5, 0.6) is 0 Å². The first kappa shape index (κ1) is 14.0. The molecule has 3 nitrogen and oxygen atoms in total. The Morgan fingerprint density at radius 3 is 2.70 bits per heavy atom. The average molecular weight is 290 g/mol. The molecular weight excluding hydrogens is 268 g/mol. The van der Waals surface area contributed by atoms with E-state index in [-0.39, 0.29) is 6.04 Å². The van der Waals surface area contributed by atoms with Crippen LogP contribution in [0.4, 0.5) is 0 Å². The molecule has 1 amide bonds. The summed E-state index contributed by atoms with van der Waals surface area (Å²) in [6, 6.07) is 10.9. The third-order valence-corrected chi connectivity index (χ3v) is 5.33. The molecule has 1 aromatic carbocycles. The molecule has 4 heteroatoms. The van der Waals surface area contributed by atoms with Gasteiger partial charge in [-0.2, -0.15) is 11.8 Å². The highest BCUT2D eigenvalue weighted by Gasteiger charge is 2.35. The van der Waals surface area contributed by atoms with Crippen molar-refractivity contribution in [1.82, 2.24) is 10.2 Å². The van der Waals surface area contributed by atoms with Crippen molar-refractivity contribution < 1.29 is 4.79 Å². The van der Waals surface area contributed by atoms with Crippen molar-refractivity contribution in [2.45, 2.75) is 37.8 Å². The summed E-state index contributed by atoms with van der Waals surface area (Å²) in [7, 11) is 0. The van der Waals surface area contributed by atoms with Gasteiger partial charge in [0.25, 0.3) is 0 Å². The van der Waals surface area contributed by atoms with Gasteiger partial charge in [0.1, 0.15) is 0 Å². The summed E-state index contributed by atoms with van der Waals surface area (Å²) < 4.78 is 0. The van der Waals surface area contributed by atoms with Crippen molar-refractivity contribution in [1.29, 1.82) is 0 Å². The van der Waals surface area contributed by atoms with Crippen LogP contribution in [0.2, 0.25) is 0 Å². The van der Waals surface area contributed by atoms with Crippen LogP contribution in [0.15, 0.2) is 30.3 Å². The first-order valence-electron chi connectivity index (χ1n) is 7.50. The number of nitrogens with one attached hydrogen (secondary N) is 1. The molecule has 2 fully saturated rings. The second kappa shape index (κ2) is 6.64. The first-order valence-corrected chi connectivity index (χ1v) is 8.65. The quantitative estimate of drug-likeness (QED) is 0.923. The predicted octanol–water partition coefficient (Wildman–Crippen LogP) is 2.27. The van der Waals surface area contributed by atoms with Gasteiger partial charge in [0.2, 0.25) is 5.91 Å². The Morgan fingerprint density at radius 1 is 1.20 bits per heavy atom. The van der Waals surface area contributed by atoms with Crippen LogP contribution in [0, 0.1) is 0 Å². The Labute approximate surface area is 125 Å². The summed E-state index contributed by atoms with van der Waals surface area (Å²) >= 11 is 2.01. The predicted molar refractivity (Wildman–Crippen MR) is 83.7 cm³/mol. The summed E-state index contributed by atoms with van der Waals surface area (Å²) in [6.07, 6.45) is 4.19. The van der Waals surface area contributed by atoms with Gasteiger partial charge in [0, 0.05) is 6.04 Å². The highest BCUT2D eigenvalue weighted by molar-refractivity contribution is 7.99. The molecule has 1 N–H and O–H groups in total. The number of hydrogen-bond donors (Lipinski definition) is 1. The molecule has 3 rings (SSSR count). The molecule has 1 atom stereocenters. The van der Waals surface area contributed by atoms with Gasteiger partial charge >= 0.3 is 0 Å². The summed E-state index contributed by atoms with van der Waals surface area (Å²) in [6.45, 7) is 0.744. The van der Waals surface area contributed by atoms with Gasteiger partial charge in [0.05, 0.1) is 12.7 Å². The average Bonchev–Trinajstić information content (AvgIpc) is 2.88. The molecule has 0 spiro atoms. The Bertz CT molecular complexity index is 445. The molecule has 0 radical (unpaired) electrons. The molecule has 1 aromatic rings. The number of rotatable bonds is 4. The molecule has 2 heterocycles. The number of benzene rings is 1. The fourth-order valence-electron chi connectivity index (χ4n) is 3.06. The number of aryl methyl sites for hydroxylation is 1. The Hall–Kier alpha value is -1.00. The monoisotopic (exact) mass is 290 g/mol. The van der Waals surface area contributed by atoms with Gasteiger partial charge < -0.3 is 4.90 Å². The molecule has 2 saturated heterocycles. The van der Waals surface area contributed by atoms with Gasteiger partial charge in [-0.05, 0) is 42.8 Å². The standard InChI is InChI=1S/C16H22N2OS/c19-16-15(7-6-13-4-2-1-3-5-13)17-12-18(16)14-8-10-20-11-9-14/h1-5,14-15,17H,6-12H2. The minimum atomic E-state index is 0.0183. The minimum Gasteiger partial charge on any atom is -0.326 e. The lowest BCUT2D eigenvalue weighted by molar-refractivity contribution is -0.131. The lowest BCUT2D eigenvalue weighted by Crippen LogP contribution is -2.40. The third-order valence-electron chi connectivity index (χ3n) is 4.29. The van der Waals surface area contributed by atoms with E-state index in [1.807, 2.05) is 17.8 Å². The Morgan fingerprint density at radius 2 is 1.95 bits per heavy atom. The van der Waals surface area contributed by atoms with Crippen LogP contribution in [0.1, 0.15) is 24.8 Å². The van der Waals surface area contributed by atoms with Gasteiger partial charge in [0.15, 0.2) is 0 Å². The lowest BCUT2D eigenvalue weighted by Gasteiger charge is -2.30. The largest absolute Gasteiger partial charge is 0.326 e. The van der Waals surface area contributed by atoms with Crippen molar-refractivity contribution in [2.24, 2.45) is 0 Å². The fourth-order valence-corrected chi connectivity index (χ4v) is 4.14. The summed E-state index contributed by atoms with van der Waals surface area (Å²) in [5.74, 6) is 2.71. The smallest absolute Gasteiger partial charge is 0.241 e. The van der Waals surface area contributed by atoms with E-state index in [0.29, 0.717) is 11.9 Å². The zero-order valence-electron chi connectivity index (χ0n) is 11.8. The van der Waals surface area contributed by atoms with E-state index in [9.17, 15) is 4.79 Å². The lowest BCUT2D eigenvalue weighted by atomic mass is 10.0. The van der Waals surface area contributed by atoms with Gasteiger partial charge in [-0.3, -0.25) is 10.1 Å². The number of amides is 1. The van der Waals surface area contributed by atoms with Crippen LogP contribution in [-0.2, 0) is 11.2 Å². The van der Waals surface area contributed by atoms with Gasteiger partial charge in [-0.25, -0.2) is 0 Å². The minimum absolute atomic E-state index is 0.0183.